The summed E-state index contributed by atoms with van der Waals surface area (Å²) < 4.78 is 10.3. The third-order valence-corrected chi connectivity index (χ3v) is 4.41. The number of aryl methyl sites for hydroxylation is 1. The number of carbonyl (C=O) groups is 3. The van der Waals surface area contributed by atoms with Crippen molar-refractivity contribution in [3.8, 4) is 0 Å². The van der Waals surface area contributed by atoms with Gasteiger partial charge in [0.1, 0.15) is 0 Å². The monoisotopic (exact) mass is 406 g/mol. The molecule has 1 aromatic heterocycles. The Morgan fingerprint density at radius 2 is 1.57 bits per heavy atom. The van der Waals surface area contributed by atoms with Gasteiger partial charge < -0.3 is 19.8 Å². The molecule has 7 nitrogen and oxygen atoms in total. The highest BCUT2D eigenvalue weighted by atomic mass is 16.5. The van der Waals surface area contributed by atoms with Crippen molar-refractivity contribution in [2.75, 3.05) is 10.6 Å². The van der Waals surface area contributed by atoms with Crippen LogP contribution in [0, 0.1) is 0 Å². The highest BCUT2D eigenvalue weighted by Gasteiger charge is 2.19. The fourth-order valence-corrected chi connectivity index (χ4v) is 2.64. The zero-order valence-corrected chi connectivity index (χ0v) is 16.7. The second-order valence-electron chi connectivity index (χ2n) is 6.60. The second-order valence-corrected chi connectivity index (χ2v) is 6.60. The smallest absolute Gasteiger partial charge is 0.338 e. The number of anilines is 2. The van der Waals surface area contributed by atoms with Gasteiger partial charge in [0.15, 0.2) is 11.9 Å². The molecule has 0 aliphatic rings. The first-order valence-electron chi connectivity index (χ1n) is 9.52. The van der Waals surface area contributed by atoms with E-state index in [4.69, 9.17) is 9.15 Å². The van der Waals surface area contributed by atoms with Gasteiger partial charge >= 0.3 is 5.97 Å². The average molecular weight is 406 g/mol. The van der Waals surface area contributed by atoms with Crippen LogP contribution in [0.2, 0.25) is 0 Å². The van der Waals surface area contributed by atoms with E-state index in [9.17, 15) is 14.4 Å². The summed E-state index contributed by atoms with van der Waals surface area (Å²) in [6, 6.07) is 16.8. The van der Waals surface area contributed by atoms with Crippen molar-refractivity contribution in [3.63, 3.8) is 0 Å². The van der Waals surface area contributed by atoms with Gasteiger partial charge in [-0.3, -0.25) is 9.59 Å². The number of rotatable bonds is 7. The van der Waals surface area contributed by atoms with Gasteiger partial charge in [-0.15, -0.1) is 0 Å². The number of amides is 2. The molecule has 3 rings (SSSR count). The summed E-state index contributed by atoms with van der Waals surface area (Å²) in [5.74, 6) is -1.27. The van der Waals surface area contributed by atoms with Gasteiger partial charge in [0, 0.05) is 11.4 Å². The van der Waals surface area contributed by atoms with Gasteiger partial charge in [-0.2, -0.15) is 0 Å². The molecule has 0 bridgehead atoms. The SMILES string of the molecule is CCc1ccc(NC(=O)[C@@H](C)OC(=O)c2ccc(NC(=O)c3ccco3)cc2)cc1. The Morgan fingerprint density at radius 1 is 0.933 bits per heavy atom. The molecule has 0 spiro atoms. The van der Waals surface area contributed by atoms with E-state index >= 15 is 0 Å². The molecule has 0 saturated carbocycles. The van der Waals surface area contributed by atoms with Crippen molar-refractivity contribution >= 4 is 29.2 Å². The largest absolute Gasteiger partial charge is 0.459 e. The number of esters is 1. The van der Waals surface area contributed by atoms with Crippen molar-refractivity contribution in [1.82, 2.24) is 0 Å². The van der Waals surface area contributed by atoms with Crippen molar-refractivity contribution in [3.05, 3.63) is 83.8 Å². The lowest BCUT2D eigenvalue weighted by atomic mass is 10.1. The number of ether oxygens (including phenoxy) is 1. The summed E-state index contributed by atoms with van der Waals surface area (Å²) >= 11 is 0. The Hall–Kier alpha value is -3.87. The molecule has 3 aromatic rings. The number of benzene rings is 2. The van der Waals surface area contributed by atoms with Crippen LogP contribution in [-0.2, 0) is 16.0 Å². The van der Waals surface area contributed by atoms with Gasteiger partial charge in [-0.25, -0.2) is 4.79 Å². The maximum Gasteiger partial charge on any atom is 0.338 e. The Morgan fingerprint density at radius 3 is 2.17 bits per heavy atom. The van der Waals surface area contributed by atoms with Crippen LogP contribution in [0.15, 0.2) is 71.3 Å². The molecule has 2 N–H and O–H groups in total. The maximum atomic E-state index is 12.3. The van der Waals surface area contributed by atoms with Crippen LogP contribution in [0.4, 0.5) is 11.4 Å². The highest BCUT2D eigenvalue weighted by molar-refractivity contribution is 6.02. The van der Waals surface area contributed by atoms with E-state index in [0.717, 1.165) is 12.0 Å². The normalized spacial score (nSPS) is 11.4. The molecule has 1 atom stereocenters. The van der Waals surface area contributed by atoms with Crippen LogP contribution >= 0.6 is 0 Å². The molecule has 2 amide bonds. The molecule has 30 heavy (non-hydrogen) atoms. The minimum absolute atomic E-state index is 0.183. The third-order valence-electron chi connectivity index (χ3n) is 4.41. The van der Waals surface area contributed by atoms with E-state index in [2.05, 4.69) is 17.6 Å². The lowest BCUT2D eigenvalue weighted by Crippen LogP contribution is -2.30. The molecule has 0 unspecified atom stereocenters. The molecular formula is C23H22N2O5. The molecule has 0 aliphatic carbocycles. The fraction of sp³-hybridized carbons (Fsp3) is 0.174. The predicted molar refractivity (Wildman–Crippen MR) is 112 cm³/mol. The van der Waals surface area contributed by atoms with Crippen LogP contribution < -0.4 is 10.6 Å². The first-order chi connectivity index (χ1) is 14.5. The van der Waals surface area contributed by atoms with Crippen molar-refractivity contribution in [2.24, 2.45) is 0 Å². The minimum atomic E-state index is -0.971. The van der Waals surface area contributed by atoms with Crippen LogP contribution in [0.25, 0.3) is 0 Å². The Kier molecular flexibility index (Phi) is 6.64. The topological polar surface area (TPSA) is 97.6 Å². The van der Waals surface area contributed by atoms with E-state index in [-0.39, 0.29) is 11.3 Å². The number of carbonyl (C=O) groups excluding carboxylic acids is 3. The van der Waals surface area contributed by atoms with Crippen molar-refractivity contribution in [1.29, 1.82) is 0 Å². The molecule has 7 heteroatoms. The first kappa shape index (κ1) is 20.9. The zero-order chi connectivity index (χ0) is 21.5. The maximum absolute atomic E-state index is 12.3. The number of hydrogen-bond acceptors (Lipinski definition) is 5. The summed E-state index contributed by atoms with van der Waals surface area (Å²) in [7, 11) is 0. The quantitative estimate of drug-likeness (QED) is 0.571. The van der Waals surface area contributed by atoms with Gasteiger partial charge in [0.25, 0.3) is 11.8 Å². The summed E-state index contributed by atoms with van der Waals surface area (Å²) in [6.07, 6.45) is 1.35. The molecule has 1 heterocycles. The van der Waals surface area contributed by atoms with Gasteiger partial charge in [0.05, 0.1) is 11.8 Å². The molecule has 0 radical (unpaired) electrons. The van der Waals surface area contributed by atoms with E-state index in [1.807, 2.05) is 12.1 Å². The molecule has 0 aliphatic heterocycles. The number of nitrogens with one attached hydrogen (secondary N) is 2. The van der Waals surface area contributed by atoms with Gasteiger partial charge in [0.2, 0.25) is 0 Å². The average Bonchev–Trinajstić information content (AvgIpc) is 3.30. The lowest BCUT2D eigenvalue weighted by molar-refractivity contribution is -0.123. The Balaban J connectivity index is 1.54. The zero-order valence-electron chi connectivity index (χ0n) is 16.7. The van der Waals surface area contributed by atoms with Crippen molar-refractivity contribution < 1.29 is 23.5 Å². The predicted octanol–water partition coefficient (Wildman–Crippen LogP) is 4.28. The molecule has 2 aromatic carbocycles. The van der Waals surface area contributed by atoms with Crippen LogP contribution in [0.1, 0.15) is 40.3 Å². The van der Waals surface area contributed by atoms with Crippen LogP contribution in [-0.4, -0.2) is 23.9 Å². The summed E-state index contributed by atoms with van der Waals surface area (Å²) in [5, 5.41) is 5.38. The number of furan rings is 1. The minimum Gasteiger partial charge on any atom is -0.459 e. The second kappa shape index (κ2) is 9.56. The summed E-state index contributed by atoms with van der Waals surface area (Å²) in [5.41, 5.74) is 2.56. The molecule has 0 saturated heterocycles. The van der Waals surface area contributed by atoms with E-state index < -0.39 is 23.9 Å². The van der Waals surface area contributed by atoms with Gasteiger partial charge in [-0.05, 0) is 67.4 Å². The highest BCUT2D eigenvalue weighted by Crippen LogP contribution is 2.14. The summed E-state index contributed by atoms with van der Waals surface area (Å²) in [6.45, 7) is 3.56. The summed E-state index contributed by atoms with van der Waals surface area (Å²) in [4.78, 5) is 36.5. The Bertz CT molecular complexity index is 1010. The molecule has 0 fully saturated rings. The van der Waals surface area contributed by atoms with E-state index in [1.165, 1.54) is 25.3 Å². The fourth-order valence-electron chi connectivity index (χ4n) is 2.64. The molecule has 154 valence electrons. The Labute approximate surface area is 174 Å². The van der Waals surface area contributed by atoms with Crippen LogP contribution in [0.3, 0.4) is 0 Å². The standard InChI is InChI=1S/C23H22N2O5/c1-3-16-6-10-18(11-7-16)24-21(26)15(2)30-23(28)17-8-12-19(13-9-17)25-22(27)20-5-4-14-29-20/h4-15H,3H2,1-2H3,(H,24,26)(H,25,27)/t15-/m1/s1. The van der Waals surface area contributed by atoms with E-state index in [0.29, 0.717) is 11.4 Å². The van der Waals surface area contributed by atoms with Gasteiger partial charge in [-0.1, -0.05) is 19.1 Å². The van der Waals surface area contributed by atoms with Crippen LogP contribution in [0.5, 0.6) is 0 Å². The first-order valence-corrected chi connectivity index (χ1v) is 9.52. The van der Waals surface area contributed by atoms with Crippen molar-refractivity contribution in [2.45, 2.75) is 26.4 Å². The number of hydrogen-bond donors (Lipinski definition) is 2. The lowest BCUT2D eigenvalue weighted by Gasteiger charge is -2.14. The van der Waals surface area contributed by atoms with E-state index in [1.54, 1.807) is 36.4 Å². The molecular weight excluding hydrogens is 384 g/mol. The third kappa shape index (κ3) is 5.35.